The van der Waals surface area contributed by atoms with Crippen LogP contribution in [-0.2, 0) is 0 Å². The van der Waals surface area contributed by atoms with Gasteiger partial charge in [0, 0.05) is 18.7 Å². The van der Waals surface area contributed by atoms with E-state index in [0.717, 1.165) is 0 Å². The zero-order valence-corrected chi connectivity index (χ0v) is 7.10. The van der Waals surface area contributed by atoms with Gasteiger partial charge in [-0.05, 0) is 17.6 Å². The molecule has 4 heteroatoms. The van der Waals surface area contributed by atoms with Gasteiger partial charge in [-0.3, -0.25) is 4.79 Å². The van der Waals surface area contributed by atoms with Crippen molar-refractivity contribution in [2.45, 2.75) is 6.92 Å². The van der Waals surface area contributed by atoms with Crippen LogP contribution in [0.25, 0.3) is 0 Å². The van der Waals surface area contributed by atoms with Gasteiger partial charge < -0.3 is 5.73 Å². The van der Waals surface area contributed by atoms with E-state index in [1.54, 1.807) is 12.3 Å². The van der Waals surface area contributed by atoms with Gasteiger partial charge in [-0.25, -0.2) is 4.37 Å². The van der Waals surface area contributed by atoms with Crippen LogP contribution in [-0.4, -0.2) is 16.7 Å². The van der Waals surface area contributed by atoms with Gasteiger partial charge >= 0.3 is 0 Å². The summed E-state index contributed by atoms with van der Waals surface area (Å²) in [5.41, 5.74) is 5.34. The smallest absolute Gasteiger partial charge is 0.178 e. The first kappa shape index (κ1) is 8.36. The molecule has 0 saturated carbocycles. The number of hydrogen-bond acceptors (Lipinski definition) is 4. The van der Waals surface area contributed by atoms with Gasteiger partial charge in [0.1, 0.15) is 0 Å². The Morgan fingerprint density at radius 3 is 3.09 bits per heavy atom. The van der Waals surface area contributed by atoms with Crippen molar-refractivity contribution in [1.82, 2.24) is 4.37 Å². The molecule has 1 rings (SSSR count). The lowest BCUT2D eigenvalue weighted by atomic mass is 10.1. The van der Waals surface area contributed by atoms with Crippen LogP contribution in [0, 0.1) is 5.92 Å². The molecular formula is C7H10N2OS. The fourth-order valence-electron chi connectivity index (χ4n) is 0.693. The van der Waals surface area contributed by atoms with Crippen molar-refractivity contribution in [2.24, 2.45) is 11.7 Å². The summed E-state index contributed by atoms with van der Waals surface area (Å²) in [6.07, 6.45) is 1.63. The average molecular weight is 170 g/mol. The molecule has 1 unspecified atom stereocenters. The van der Waals surface area contributed by atoms with Crippen LogP contribution < -0.4 is 5.73 Å². The number of carbonyl (C=O) groups excluding carboxylic acids is 1. The third-order valence-corrected chi connectivity index (χ3v) is 2.24. The highest BCUT2D eigenvalue weighted by atomic mass is 32.1. The van der Waals surface area contributed by atoms with Crippen molar-refractivity contribution < 1.29 is 4.79 Å². The van der Waals surface area contributed by atoms with Crippen LogP contribution in [0.2, 0.25) is 0 Å². The van der Waals surface area contributed by atoms with Gasteiger partial charge in [0.2, 0.25) is 0 Å². The van der Waals surface area contributed by atoms with Crippen molar-refractivity contribution in [3.63, 3.8) is 0 Å². The van der Waals surface area contributed by atoms with Crippen LogP contribution in [0.15, 0.2) is 12.3 Å². The number of nitrogens with zero attached hydrogens (tertiary/aromatic N) is 1. The maximum Gasteiger partial charge on any atom is 0.178 e. The van der Waals surface area contributed by atoms with Gasteiger partial charge in [0.15, 0.2) is 5.78 Å². The molecule has 11 heavy (non-hydrogen) atoms. The minimum absolute atomic E-state index is 0.0875. The molecule has 0 bridgehead atoms. The summed E-state index contributed by atoms with van der Waals surface area (Å²) >= 11 is 1.22. The standard InChI is InChI=1S/C7H10N2OS/c1-5(4-8)7(10)6-2-3-9-11-6/h2-3,5H,4,8H2,1H3. The van der Waals surface area contributed by atoms with E-state index < -0.39 is 0 Å². The SMILES string of the molecule is CC(CN)C(=O)c1ccns1. The van der Waals surface area contributed by atoms with E-state index in [4.69, 9.17) is 5.73 Å². The molecule has 0 fully saturated rings. The minimum Gasteiger partial charge on any atom is -0.330 e. The quantitative estimate of drug-likeness (QED) is 0.686. The van der Waals surface area contributed by atoms with Crippen molar-refractivity contribution in [1.29, 1.82) is 0 Å². The lowest BCUT2D eigenvalue weighted by molar-refractivity contribution is 0.0938. The molecule has 60 valence electrons. The fourth-order valence-corrected chi connectivity index (χ4v) is 1.34. The molecule has 0 saturated heterocycles. The lowest BCUT2D eigenvalue weighted by Crippen LogP contribution is -2.19. The number of hydrogen-bond donors (Lipinski definition) is 1. The largest absolute Gasteiger partial charge is 0.330 e. The van der Waals surface area contributed by atoms with Crippen LogP contribution in [0.5, 0.6) is 0 Å². The molecule has 1 atom stereocenters. The van der Waals surface area contributed by atoms with Crippen molar-refractivity contribution >= 4 is 17.3 Å². The van der Waals surface area contributed by atoms with Gasteiger partial charge in [0.25, 0.3) is 0 Å². The number of ketones is 1. The average Bonchev–Trinajstić information content (AvgIpc) is 2.53. The third kappa shape index (κ3) is 1.85. The predicted octanol–water partition coefficient (Wildman–Crippen LogP) is 0.921. The maximum atomic E-state index is 11.3. The molecule has 1 aromatic heterocycles. The molecule has 1 heterocycles. The van der Waals surface area contributed by atoms with E-state index in [1.165, 1.54) is 11.5 Å². The van der Waals surface area contributed by atoms with Crippen LogP contribution in [0.1, 0.15) is 16.6 Å². The van der Waals surface area contributed by atoms with Crippen molar-refractivity contribution in [3.05, 3.63) is 17.1 Å². The highest BCUT2D eigenvalue weighted by Crippen LogP contribution is 2.10. The van der Waals surface area contributed by atoms with E-state index in [-0.39, 0.29) is 11.7 Å². The first-order valence-corrected chi connectivity index (χ1v) is 4.18. The Kier molecular flexibility index (Phi) is 2.73. The number of rotatable bonds is 3. The monoisotopic (exact) mass is 170 g/mol. The number of Topliss-reactive ketones (excluding diaryl/α,β-unsaturated/α-hetero) is 1. The zero-order valence-electron chi connectivity index (χ0n) is 6.28. The number of nitrogens with two attached hydrogens (primary N) is 1. The zero-order chi connectivity index (χ0) is 8.27. The summed E-state index contributed by atoms with van der Waals surface area (Å²) in [7, 11) is 0. The Bertz CT molecular complexity index is 233. The Hall–Kier alpha value is -0.740. The Labute approximate surface area is 69.4 Å². The molecule has 0 aromatic carbocycles. The first-order chi connectivity index (χ1) is 5.25. The van der Waals surface area contributed by atoms with E-state index in [1.807, 2.05) is 6.92 Å². The topological polar surface area (TPSA) is 56.0 Å². The molecule has 0 amide bonds. The summed E-state index contributed by atoms with van der Waals surface area (Å²) < 4.78 is 3.84. The molecular weight excluding hydrogens is 160 g/mol. The summed E-state index contributed by atoms with van der Waals surface area (Å²) in [5, 5.41) is 0. The predicted molar refractivity (Wildman–Crippen MR) is 44.7 cm³/mol. The molecule has 3 nitrogen and oxygen atoms in total. The molecule has 0 aliphatic carbocycles. The second-order valence-corrected chi connectivity index (χ2v) is 3.21. The van der Waals surface area contributed by atoms with Gasteiger partial charge in [-0.2, -0.15) is 0 Å². The van der Waals surface area contributed by atoms with Gasteiger partial charge in [-0.15, -0.1) is 0 Å². The molecule has 2 N–H and O–H groups in total. The molecule has 0 spiro atoms. The second kappa shape index (κ2) is 3.59. The van der Waals surface area contributed by atoms with Gasteiger partial charge in [0.05, 0.1) is 4.88 Å². The summed E-state index contributed by atoms with van der Waals surface area (Å²) in [5.74, 6) is 0.00505. The lowest BCUT2D eigenvalue weighted by Gasteiger charge is -2.02. The van der Waals surface area contributed by atoms with E-state index in [9.17, 15) is 4.79 Å². The van der Waals surface area contributed by atoms with Crippen molar-refractivity contribution in [3.8, 4) is 0 Å². The molecule has 0 radical (unpaired) electrons. The first-order valence-electron chi connectivity index (χ1n) is 3.40. The van der Waals surface area contributed by atoms with E-state index in [0.29, 0.717) is 11.4 Å². The normalized spacial score (nSPS) is 12.9. The maximum absolute atomic E-state index is 11.3. The third-order valence-electron chi connectivity index (χ3n) is 1.48. The number of carbonyl (C=O) groups is 1. The summed E-state index contributed by atoms with van der Waals surface area (Å²) in [4.78, 5) is 12.0. The van der Waals surface area contributed by atoms with E-state index in [2.05, 4.69) is 4.37 Å². The van der Waals surface area contributed by atoms with E-state index >= 15 is 0 Å². The fraction of sp³-hybridized carbons (Fsp3) is 0.429. The molecule has 0 aliphatic rings. The molecule has 0 aliphatic heterocycles. The van der Waals surface area contributed by atoms with Crippen molar-refractivity contribution in [2.75, 3.05) is 6.54 Å². The summed E-state index contributed by atoms with van der Waals surface area (Å²) in [6.45, 7) is 2.22. The van der Waals surface area contributed by atoms with Crippen LogP contribution >= 0.6 is 11.5 Å². The summed E-state index contributed by atoms with van der Waals surface area (Å²) in [6, 6.07) is 1.72. The molecule has 1 aromatic rings. The highest BCUT2D eigenvalue weighted by Gasteiger charge is 2.14. The second-order valence-electron chi connectivity index (χ2n) is 2.38. The number of aromatic nitrogens is 1. The van der Waals surface area contributed by atoms with Crippen LogP contribution in [0.3, 0.4) is 0 Å². The van der Waals surface area contributed by atoms with Gasteiger partial charge in [-0.1, -0.05) is 6.92 Å². The Morgan fingerprint density at radius 1 is 1.91 bits per heavy atom. The minimum atomic E-state index is -0.0875. The Morgan fingerprint density at radius 2 is 2.64 bits per heavy atom. The highest BCUT2D eigenvalue weighted by molar-refractivity contribution is 7.08. The Balaban J connectivity index is 2.70. The van der Waals surface area contributed by atoms with Crippen LogP contribution in [0.4, 0.5) is 0 Å².